The predicted octanol–water partition coefficient (Wildman–Crippen LogP) is 3.67. The van der Waals surface area contributed by atoms with Crippen LogP contribution >= 0.6 is 0 Å². The van der Waals surface area contributed by atoms with Crippen LogP contribution in [0.3, 0.4) is 0 Å². The number of nitrogens with one attached hydrogen (secondary N) is 2. The van der Waals surface area contributed by atoms with Crippen molar-refractivity contribution in [1.29, 1.82) is 0 Å². The molecule has 6 heteroatoms. The van der Waals surface area contributed by atoms with Gasteiger partial charge in [0.15, 0.2) is 5.78 Å². The highest BCUT2D eigenvalue weighted by molar-refractivity contribution is 5.90. The third-order valence-corrected chi connectivity index (χ3v) is 3.25. The summed E-state index contributed by atoms with van der Waals surface area (Å²) in [7, 11) is 0. The van der Waals surface area contributed by atoms with Crippen molar-refractivity contribution in [2.75, 3.05) is 11.9 Å². The first kappa shape index (κ1) is 20.7. The summed E-state index contributed by atoms with van der Waals surface area (Å²) in [5.74, 6) is -0.0660. The molecule has 0 bridgehead atoms. The van der Waals surface area contributed by atoms with Gasteiger partial charge < -0.3 is 15.4 Å². The molecule has 0 aliphatic carbocycles. The maximum absolute atomic E-state index is 11.8. The van der Waals surface area contributed by atoms with Gasteiger partial charge in [-0.2, -0.15) is 0 Å². The number of alkyl carbamates (subject to hydrolysis) is 1. The molecule has 6 nitrogen and oxygen atoms in total. The average molecular weight is 348 g/mol. The normalized spacial score (nSPS) is 10.8. The Morgan fingerprint density at radius 1 is 0.960 bits per heavy atom. The zero-order valence-electron chi connectivity index (χ0n) is 15.3. The Hall–Kier alpha value is -2.37. The quantitative estimate of drug-likeness (QED) is 0.667. The van der Waals surface area contributed by atoms with Crippen LogP contribution in [0, 0.1) is 0 Å². The van der Waals surface area contributed by atoms with Crippen LogP contribution in [0.4, 0.5) is 10.5 Å². The van der Waals surface area contributed by atoms with E-state index in [2.05, 4.69) is 10.6 Å². The fraction of sp³-hybridized carbons (Fsp3) is 0.526. The molecule has 138 valence electrons. The monoisotopic (exact) mass is 348 g/mol. The van der Waals surface area contributed by atoms with Crippen molar-refractivity contribution in [3.8, 4) is 0 Å². The first-order valence-electron chi connectivity index (χ1n) is 8.60. The molecule has 2 amide bonds. The number of unbranched alkanes of at least 4 members (excludes halogenated alkanes) is 2. The van der Waals surface area contributed by atoms with E-state index in [0.717, 1.165) is 18.5 Å². The zero-order valence-corrected chi connectivity index (χ0v) is 15.3. The first-order valence-corrected chi connectivity index (χ1v) is 8.60. The second-order valence-corrected chi connectivity index (χ2v) is 6.87. The third kappa shape index (κ3) is 10.9. The lowest BCUT2D eigenvalue weighted by atomic mass is 10.1. The molecule has 0 atom stereocenters. The van der Waals surface area contributed by atoms with Crippen molar-refractivity contribution in [2.45, 2.75) is 58.5 Å². The van der Waals surface area contributed by atoms with Crippen LogP contribution in [0.2, 0.25) is 0 Å². The molecular formula is C19H28N2O4. The van der Waals surface area contributed by atoms with Gasteiger partial charge in [-0.05, 0) is 45.7 Å². The van der Waals surface area contributed by atoms with Crippen LogP contribution in [0.1, 0.15) is 52.9 Å². The van der Waals surface area contributed by atoms with Gasteiger partial charge in [-0.1, -0.05) is 24.6 Å². The molecule has 1 rings (SSSR count). The van der Waals surface area contributed by atoms with E-state index >= 15 is 0 Å². The maximum atomic E-state index is 11.8. The number of hydrogen-bond donors (Lipinski definition) is 2. The Kier molecular flexibility index (Phi) is 8.67. The van der Waals surface area contributed by atoms with E-state index in [4.69, 9.17) is 4.74 Å². The van der Waals surface area contributed by atoms with E-state index in [-0.39, 0.29) is 18.2 Å². The Bertz CT molecular complexity index is 565. The number of carbonyl (C=O) groups is 3. The number of Topliss-reactive ketones (excluding diaryl/α,β-unsaturated/α-hetero) is 1. The smallest absolute Gasteiger partial charge is 0.408 e. The zero-order chi connectivity index (χ0) is 18.7. The molecular weight excluding hydrogens is 320 g/mol. The number of anilines is 1. The van der Waals surface area contributed by atoms with Gasteiger partial charge in [0.2, 0.25) is 5.91 Å². The van der Waals surface area contributed by atoms with Crippen molar-refractivity contribution in [1.82, 2.24) is 5.32 Å². The number of para-hydroxylation sites is 1. The van der Waals surface area contributed by atoms with E-state index < -0.39 is 11.7 Å². The lowest BCUT2D eigenvalue weighted by molar-refractivity contribution is -0.118. The number of hydrogen-bond acceptors (Lipinski definition) is 4. The van der Waals surface area contributed by atoms with Gasteiger partial charge in [0.25, 0.3) is 0 Å². The molecule has 0 aliphatic heterocycles. The molecule has 1 aromatic rings. The third-order valence-electron chi connectivity index (χ3n) is 3.25. The van der Waals surface area contributed by atoms with Crippen LogP contribution in [-0.2, 0) is 14.3 Å². The molecule has 0 unspecified atom stereocenters. The lowest BCUT2D eigenvalue weighted by Crippen LogP contribution is -2.35. The van der Waals surface area contributed by atoms with Crippen molar-refractivity contribution < 1.29 is 19.1 Å². The number of amides is 2. The minimum absolute atomic E-state index is 0.0240. The van der Waals surface area contributed by atoms with E-state index in [0.29, 0.717) is 19.3 Å². The standard InChI is InChI=1S/C19H28N2O4/c1-19(2,3)25-18(24)20-14-16(22)12-8-5-9-13-17(23)21-15-10-6-4-7-11-15/h4,6-7,10-11H,5,8-9,12-14H2,1-3H3,(H,20,24)(H,21,23). The number of ketones is 1. The summed E-state index contributed by atoms with van der Waals surface area (Å²) in [6.07, 6.45) is 2.45. The topological polar surface area (TPSA) is 84.5 Å². The van der Waals surface area contributed by atoms with Crippen LogP contribution in [0.5, 0.6) is 0 Å². The van der Waals surface area contributed by atoms with Crippen molar-refractivity contribution >= 4 is 23.5 Å². The van der Waals surface area contributed by atoms with E-state index in [1.807, 2.05) is 30.3 Å². The minimum atomic E-state index is -0.585. The fourth-order valence-electron chi connectivity index (χ4n) is 2.10. The summed E-state index contributed by atoms with van der Waals surface area (Å²) in [4.78, 5) is 34.9. The Morgan fingerprint density at radius 2 is 1.60 bits per heavy atom. The Morgan fingerprint density at radius 3 is 2.24 bits per heavy atom. The van der Waals surface area contributed by atoms with Gasteiger partial charge in [-0.15, -0.1) is 0 Å². The molecule has 1 aromatic carbocycles. The second-order valence-electron chi connectivity index (χ2n) is 6.87. The van der Waals surface area contributed by atoms with Gasteiger partial charge in [0.1, 0.15) is 5.60 Å². The number of benzene rings is 1. The van der Waals surface area contributed by atoms with Crippen molar-refractivity contribution in [2.24, 2.45) is 0 Å². The van der Waals surface area contributed by atoms with Gasteiger partial charge in [0.05, 0.1) is 6.54 Å². The highest BCUT2D eigenvalue weighted by Gasteiger charge is 2.16. The minimum Gasteiger partial charge on any atom is -0.444 e. The van der Waals surface area contributed by atoms with Gasteiger partial charge in [-0.25, -0.2) is 4.79 Å². The maximum Gasteiger partial charge on any atom is 0.408 e. The molecule has 0 saturated carbocycles. The summed E-state index contributed by atoms with van der Waals surface area (Å²) >= 11 is 0. The number of rotatable bonds is 9. The summed E-state index contributed by atoms with van der Waals surface area (Å²) in [6.45, 7) is 5.27. The summed E-state index contributed by atoms with van der Waals surface area (Å²) in [5.41, 5.74) is 0.212. The summed E-state index contributed by atoms with van der Waals surface area (Å²) in [5, 5.41) is 5.28. The average Bonchev–Trinajstić information content (AvgIpc) is 2.52. The number of ether oxygens (including phenoxy) is 1. The molecule has 0 heterocycles. The molecule has 0 spiro atoms. The van der Waals surface area contributed by atoms with Crippen molar-refractivity contribution in [3.63, 3.8) is 0 Å². The first-order chi connectivity index (χ1) is 11.8. The number of carbonyl (C=O) groups excluding carboxylic acids is 3. The molecule has 0 radical (unpaired) electrons. The molecule has 0 aliphatic rings. The van der Waals surface area contributed by atoms with Crippen LogP contribution in [0.15, 0.2) is 30.3 Å². The highest BCUT2D eigenvalue weighted by atomic mass is 16.6. The molecule has 0 fully saturated rings. The SMILES string of the molecule is CC(C)(C)OC(=O)NCC(=O)CCCCCC(=O)Nc1ccccc1. The second kappa shape index (κ2) is 10.5. The van der Waals surface area contributed by atoms with Gasteiger partial charge >= 0.3 is 6.09 Å². The van der Waals surface area contributed by atoms with Crippen LogP contribution in [0.25, 0.3) is 0 Å². The predicted molar refractivity (Wildman–Crippen MR) is 97.4 cm³/mol. The summed E-state index contributed by atoms with van der Waals surface area (Å²) in [6, 6.07) is 9.31. The van der Waals surface area contributed by atoms with Crippen LogP contribution < -0.4 is 10.6 Å². The van der Waals surface area contributed by atoms with E-state index in [1.54, 1.807) is 20.8 Å². The summed E-state index contributed by atoms with van der Waals surface area (Å²) < 4.78 is 5.06. The largest absolute Gasteiger partial charge is 0.444 e. The van der Waals surface area contributed by atoms with Gasteiger partial charge in [-0.3, -0.25) is 9.59 Å². The Labute approximate surface area is 149 Å². The van der Waals surface area contributed by atoms with E-state index in [9.17, 15) is 14.4 Å². The highest BCUT2D eigenvalue weighted by Crippen LogP contribution is 2.09. The van der Waals surface area contributed by atoms with Gasteiger partial charge in [0, 0.05) is 18.5 Å². The molecule has 2 N–H and O–H groups in total. The Balaban J connectivity index is 2.06. The lowest BCUT2D eigenvalue weighted by Gasteiger charge is -2.19. The van der Waals surface area contributed by atoms with Crippen LogP contribution in [-0.4, -0.2) is 29.9 Å². The van der Waals surface area contributed by atoms with Crippen molar-refractivity contribution in [3.05, 3.63) is 30.3 Å². The molecule has 25 heavy (non-hydrogen) atoms. The fourth-order valence-corrected chi connectivity index (χ4v) is 2.10. The van der Waals surface area contributed by atoms with E-state index in [1.165, 1.54) is 0 Å². The molecule has 0 saturated heterocycles. The molecule has 0 aromatic heterocycles.